The van der Waals surface area contributed by atoms with Gasteiger partial charge in [0.2, 0.25) is 11.6 Å². The number of nitrogens with zero attached hydrogens (tertiary/aromatic N) is 4. The minimum absolute atomic E-state index is 0. The van der Waals surface area contributed by atoms with Crippen LogP contribution in [0.25, 0.3) is 0 Å². The quantitative estimate of drug-likeness (QED) is 0.0804. The third kappa shape index (κ3) is 7.87. The van der Waals surface area contributed by atoms with Crippen molar-refractivity contribution in [2.75, 3.05) is 14.1 Å². The Hall–Kier alpha value is -3.40. The average molecular weight is 625 g/mol. The molecule has 0 aromatic rings. The van der Waals surface area contributed by atoms with Crippen LogP contribution in [0.3, 0.4) is 0 Å². The van der Waals surface area contributed by atoms with Crippen LogP contribution in [0.1, 0.15) is 12.8 Å². The number of amides is 4. The Labute approximate surface area is 255 Å². The SMILES string of the molecule is CN1C2=CC(=O)/C(=N/NC(N)=O)C=C2CC1S(=O)(=O)O.CN1C2=CC(=O)/C(=N\NC(N)=O)C=C2CC1S(=O)(=O)O.[NaH]. The van der Waals surface area contributed by atoms with Crippen LogP contribution in [-0.4, -0.2) is 125 Å². The Morgan fingerprint density at radius 1 is 0.780 bits per heavy atom. The number of carbonyl (C=O) groups is 4. The zero-order valence-electron chi connectivity index (χ0n) is 20.8. The Bertz CT molecular complexity index is 1480. The van der Waals surface area contributed by atoms with E-state index in [1.165, 1.54) is 48.2 Å². The number of likely N-dealkylation sites (tertiary alicyclic amines) is 2. The molecule has 2 heterocycles. The molecule has 41 heavy (non-hydrogen) atoms. The van der Waals surface area contributed by atoms with Gasteiger partial charge in [0.15, 0.2) is 10.7 Å². The number of nitrogens with two attached hydrogens (primary N) is 2. The summed E-state index contributed by atoms with van der Waals surface area (Å²) in [6, 6.07) is -1.84. The molecule has 2 saturated heterocycles. The van der Waals surface area contributed by atoms with E-state index in [9.17, 15) is 36.0 Å². The van der Waals surface area contributed by atoms with Gasteiger partial charge in [-0.1, -0.05) is 0 Å². The van der Waals surface area contributed by atoms with Gasteiger partial charge in [0.25, 0.3) is 20.2 Å². The van der Waals surface area contributed by atoms with E-state index in [2.05, 4.69) is 10.2 Å². The fourth-order valence-corrected chi connectivity index (χ4v) is 5.97. The standard InChI is InChI=1S/2C10H12N4O5S.Na.H/c2*1-14-7-4-8(15)6(12-13-10(11)16)2-5(7)3-9(14)20(17,18)19;;/h2*2,4,9H,3H2,1H3,(H3,11,13,16)(H,17,18,19);;/b12-6+;12-6-;;. The van der Waals surface area contributed by atoms with E-state index in [-0.39, 0.29) is 53.8 Å². The number of ketones is 2. The summed E-state index contributed by atoms with van der Waals surface area (Å²) in [5.41, 5.74) is 15.3. The summed E-state index contributed by atoms with van der Waals surface area (Å²) in [6.07, 6.45) is 5.14. The van der Waals surface area contributed by atoms with Gasteiger partial charge in [-0.15, -0.1) is 0 Å². The van der Waals surface area contributed by atoms with Gasteiger partial charge in [-0.05, 0) is 23.3 Å². The fraction of sp³-hybridized carbons (Fsp3) is 0.300. The summed E-state index contributed by atoms with van der Waals surface area (Å²) >= 11 is 0. The van der Waals surface area contributed by atoms with Gasteiger partial charge >= 0.3 is 41.6 Å². The van der Waals surface area contributed by atoms with Crippen molar-refractivity contribution in [3.63, 3.8) is 0 Å². The van der Waals surface area contributed by atoms with Crippen molar-refractivity contribution in [1.29, 1.82) is 0 Å². The summed E-state index contributed by atoms with van der Waals surface area (Å²) < 4.78 is 63.2. The Kier molecular flexibility index (Phi) is 10.4. The van der Waals surface area contributed by atoms with Gasteiger partial charge < -0.3 is 21.3 Å². The molecule has 4 rings (SSSR count). The Balaban J connectivity index is 0.000000280. The van der Waals surface area contributed by atoms with Gasteiger partial charge in [0.1, 0.15) is 11.4 Å². The molecule has 2 aliphatic carbocycles. The van der Waals surface area contributed by atoms with Gasteiger partial charge in [-0.25, -0.2) is 20.4 Å². The number of fused-ring (bicyclic) bond motifs is 2. The number of hydrazone groups is 2. The molecule has 4 amide bonds. The maximum atomic E-state index is 11.8. The molecule has 0 spiro atoms. The van der Waals surface area contributed by atoms with Crippen molar-refractivity contribution in [2.24, 2.45) is 21.7 Å². The topological polar surface area (TPSA) is 284 Å². The first-order chi connectivity index (χ1) is 18.4. The summed E-state index contributed by atoms with van der Waals surface area (Å²) in [4.78, 5) is 47.2. The number of rotatable bonds is 4. The van der Waals surface area contributed by atoms with E-state index in [1.54, 1.807) is 0 Å². The molecule has 2 atom stereocenters. The number of likely N-dealkylation sites (N-methyl/N-ethyl adjacent to an activating group) is 2. The number of allylic oxidation sites excluding steroid dienone is 6. The fourth-order valence-electron chi connectivity index (χ4n) is 4.16. The van der Waals surface area contributed by atoms with Crippen LogP contribution < -0.4 is 22.3 Å². The van der Waals surface area contributed by atoms with Crippen LogP contribution in [0.4, 0.5) is 9.59 Å². The van der Waals surface area contributed by atoms with Crippen LogP contribution in [0.2, 0.25) is 0 Å². The zero-order valence-corrected chi connectivity index (χ0v) is 22.4. The molecule has 18 nitrogen and oxygen atoms in total. The van der Waals surface area contributed by atoms with Crippen LogP contribution in [0, 0.1) is 0 Å². The number of nitrogens with one attached hydrogen (secondary N) is 2. The second-order valence-corrected chi connectivity index (χ2v) is 11.8. The molecule has 8 N–H and O–H groups in total. The molecule has 2 unspecified atom stereocenters. The molecular formula is C20H25N8NaO10S2. The first kappa shape index (κ1) is 33.8. The van der Waals surface area contributed by atoms with Crippen molar-refractivity contribution >= 4 is 84.8 Å². The van der Waals surface area contributed by atoms with Crippen LogP contribution in [0.5, 0.6) is 0 Å². The van der Waals surface area contributed by atoms with Crippen molar-refractivity contribution < 1.29 is 45.1 Å². The summed E-state index contributed by atoms with van der Waals surface area (Å²) in [7, 11) is -5.61. The molecule has 2 aliphatic heterocycles. The molecule has 0 saturated carbocycles. The number of hydrogen-bond donors (Lipinski definition) is 6. The Morgan fingerprint density at radius 3 is 1.37 bits per heavy atom. The van der Waals surface area contributed by atoms with E-state index in [0.717, 1.165) is 0 Å². The first-order valence-corrected chi connectivity index (χ1v) is 14.0. The monoisotopic (exact) mass is 624 g/mol. The maximum absolute atomic E-state index is 11.8. The van der Waals surface area contributed by atoms with Gasteiger partial charge in [-0.2, -0.15) is 27.0 Å². The summed E-state index contributed by atoms with van der Waals surface area (Å²) in [6.45, 7) is 0. The van der Waals surface area contributed by atoms with Crippen LogP contribution in [0.15, 0.2) is 57.0 Å². The second-order valence-electron chi connectivity index (χ2n) is 8.64. The second kappa shape index (κ2) is 12.6. The molecule has 0 bridgehead atoms. The normalized spacial score (nSPS) is 23.7. The van der Waals surface area contributed by atoms with E-state index in [0.29, 0.717) is 22.5 Å². The number of carbonyl (C=O) groups excluding carboxylic acids is 4. The van der Waals surface area contributed by atoms with Crippen molar-refractivity contribution in [3.8, 4) is 0 Å². The van der Waals surface area contributed by atoms with Crippen molar-refractivity contribution in [1.82, 2.24) is 20.7 Å². The third-order valence-electron chi connectivity index (χ3n) is 5.99. The predicted molar refractivity (Wildman–Crippen MR) is 145 cm³/mol. The third-order valence-corrected chi connectivity index (χ3v) is 8.34. The van der Waals surface area contributed by atoms with E-state index in [4.69, 9.17) is 20.6 Å². The van der Waals surface area contributed by atoms with Crippen LogP contribution >= 0.6 is 0 Å². The molecule has 21 heteroatoms. The van der Waals surface area contributed by atoms with Crippen molar-refractivity contribution in [2.45, 2.75) is 23.6 Å². The van der Waals surface area contributed by atoms with Gasteiger partial charge in [0, 0.05) is 50.5 Å². The van der Waals surface area contributed by atoms with E-state index in [1.807, 2.05) is 10.9 Å². The molecule has 0 aromatic heterocycles. The Morgan fingerprint density at radius 2 is 1.10 bits per heavy atom. The molecule has 0 aromatic carbocycles. The molecule has 2 fully saturated rings. The van der Waals surface area contributed by atoms with E-state index < -0.39 is 54.6 Å². The van der Waals surface area contributed by atoms with E-state index >= 15 is 0 Å². The molecule has 218 valence electrons. The predicted octanol–water partition coefficient (Wildman–Crippen LogP) is -2.74. The zero-order chi connectivity index (χ0) is 30.2. The number of hydrogen-bond acceptors (Lipinski definition) is 12. The van der Waals surface area contributed by atoms with Crippen LogP contribution in [-0.2, 0) is 29.8 Å². The minimum atomic E-state index is -4.27. The number of primary amides is 2. The average Bonchev–Trinajstić information content (AvgIpc) is 3.32. The molecule has 0 radical (unpaired) electrons. The van der Waals surface area contributed by atoms with Gasteiger partial charge in [0.05, 0.1) is 0 Å². The summed E-state index contributed by atoms with van der Waals surface area (Å²) in [5.74, 6) is -0.999. The summed E-state index contributed by atoms with van der Waals surface area (Å²) in [5, 5.41) is 4.77. The number of urea groups is 2. The first-order valence-electron chi connectivity index (χ1n) is 11.0. The van der Waals surface area contributed by atoms with Gasteiger partial charge in [-0.3, -0.25) is 18.7 Å². The van der Waals surface area contributed by atoms with Crippen molar-refractivity contribution in [3.05, 3.63) is 46.8 Å². The molecule has 4 aliphatic rings. The molecular weight excluding hydrogens is 599 g/mol.